The molecule has 0 spiro atoms. The first-order valence-electron chi connectivity index (χ1n) is 6.49. The van der Waals surface area contributed by atoms with Gasteiger partial charge in [-0.05, 0) is 36.2 Å². The molecule has 0 fully saturated rings. The molecule has 0 heterocycles. The van der Waals surface area contributed by atoms with Crippen LogP contribution in [0.25, 0.3) is 0 Å². The van der Waals surface area contributed by atoms with Crippen molar-refractivity contribution in [2.24, 2.45) is 0 Å². The van der Waals surface area contributed by atoms with Crippen LogP contribution in [0.1, 0.15) is 18.9 Å². The molecule has 0 aliphatic rings. The Morgan fingerprint density at radius 1 is 1.00 bits per heavy atom. The van der Waals surface area contributed by atoms with Gasteiger partial charge in [-0.15, -0.1) is 0 Å². The second-order valence-electron chi connectivity index (χ2n) is 4.63. The number of aryl methyl sites for hydroxylation is 1. The Morgan fingerprint density at radius 3 is 2.24 bits per heavy atom. The van der Waals surface area contributed by atoms with Crippen LogP contribution in [0.3, 0.4) is 0 Å². The zero-order valence-electron chi connectivity index (χ0n) is 11.4. The van der Waals surface area contributed by atoms with Crippen molar-refractivity contribution >= 4 is 15.7 Å². The number of anilines is 1. The maximum Gasteiger partial charge on any atom is 0.261 e. The zero-order valence-corrected chi connectivity index (χ0v) is 12.3. The molecule has 1 N–H and O–H groups in total. The summed E-state index contributed by atoms with van der Waals surface area (Å²) in [6.45, 7) is 2.04. The Hall–Kier alpha value is -1.95. The smallest absolute Gasteiger partial charge is 0.261 e. The Kier molecular flexibility index (Phi) is 4.57. The van der Waals surface area contributed by atoms with E-state index < -0.39 is 21.7 Å². The van der Waals surface area contributed by atoms with Gasteiger partial charge in [-0.25, -0.2) is 17.2 Å². The van der Waals surface area contributed by atoms with E-state index in [2.05, 4.69) is 4.72 Å². The maximum atomic E-state index is 13.1. The average molecular weight is 311 g/mol. The van der Waals surface area contributed by atoms with Gasteiger partial charge in [-0.2, -0.15) is 0 Å². The molecule has 0 saturated heterocycles. The molecule has 2 aromatic rings. The summed E-state index contributed by atoms with van der Waals surface area (Å²) in [7, 11) is -3.81. The summed E-state index contributed by atoms with van der Waals surface area (Å²) in [6, 6.07) is 9.31. The fourth-order valence-electron chi connectivity index (χ4n) is 1.90. The van der Waals surface area contributed by atoms with Crippen molar-refractivity contribution in [2.75, 3.05) is 4.72 Å². The van der Waals surface area contributed by atoms with E-state index in [0.717, 1.165) is 30.5 Å². The summed E-state index contributed by atoms with van der Waals surface area (Å²) in [6.07, 6.45) is 1.84. The molecule has 0 aliphatic heterocycles. The molecule has 0 saturated carbocycles. The lowest BCUT2D eigenvalue weighted by atomic mass is 10.1. The lowest BCUT2D eigenvalue weighted by Crippen LogP contribution is -2.13. The second-order valence-corrected chi connectivity index (χ2v) is 6.31. The van der Waals surface area contributed by atoms with Gasteiger partial charge in [0.2, 0.25) is 0 Å². The third-order valence-electron chi connectivity index (χ3n) is 2.94. The first-order chi connectivity index (χ1) is 9.92. The molecule has 0 unspecified atom stereocenters. The number of benzene rings is 2. The summed E-state index contributed by atoms with van der Waals surface area (Å²) in [4.78, 5) is 0.0760. The van der Waals surface area contributed by atoms with E-state index in [4.69, 9.17) is 0 Å². The number of rotatable bonds is 5. The lowest BCUT2D eigenvalue weighted by Gasteiger charge is -2.09. The van der Waals surface area contributed by atoms with Gasteiger partial charge in [0.05, 0.1) is 10.6 Å². The minimum absolute atomic E-state index is 0.0217. The highest BCUT2D eigenvalue weighted by Gasteiger charge is 2.15. The summed E-state index contributed by atoms with van der Waals surface area (Å²) >= 11 is 0. The molecule has 3 nitrogen and oxygen atoms in total. The van der Waals surface area contributed by atoms with Gasteiger partial charge in [-0.1, -0.05) is 25.5 Å². The average Bonchev–Trinajstić information content (AvgIpc) is 2.44. The molecule has 2 aromatic carbocycles. The van der Waals surface area contributed by atoms with E-state index in [1.807, 2.05) is 6.92 Å². The van der Waals surface area contributed by atoms with Crippen LogP contribution in [0.4, 0.5) is 14.5 Å². The van der Waals surface area contributed by atoms with Gasteiger partial charge in [-0.3, -0.25) is 4.72 Å². The predicted molar refractivity (Wildman–Crippen MR) is 77.6 cm³/mol. The predicted octanol–water partition coefficient (Wildman–Crippen LogP) is 3.72. The van der Waals surface area contributed by atoms with Crippen molar-refractivity contribution in [1.82, 2.24) is 0 Å². The molecular formula is C15H15F2NO2S. The highest BCUT2D eigenvalue weighted by molar-refractivity contribution is 7.92. The molecule has 2 rings (SSSR count). The first kappa shape index (κ1) is 15.4. The van der Waals surface area contributed by atoms with E-state index in [9.17, 15) is 17.2 Å². The normalized spacial score (nSPS) is 11.4. The molecule has 112 valence electrons. The molecule has 0 amide bonds. The van der Waals surface area contributed by atoms with Gasteiger partial charge in [0, 0.05) is 6.07 Å². The molecule has 6 heteroatoms. The van der Waals surface area contributed by atoms with Crippen LogP contribution in [0.15, 0.2) is 47.4 Å². The van der Waals surface area contributed by atoms with Crippen molar-refractivity contribution in [2.45, 2.75) is 24.7 Å². The van der Waals surface area contributed by atoms with Crippen molar-refractivity contribution < 1.29 is 17.2 Å². The van der Waals surface area contributed by atoms with Crippen molar-refractivity contribution in [3.63, 3.8) is 0 Å². The molecule has 0 atom stereocenters. The van der Waals surface area contributed by atoms with Crippen molar-refractivity contribution in [3.05, 3.63) is 59.7 Å². The minimum atomic E-state index is -3.81. The standard InChI is InChI=1S/C15H15F2NO2S/c1-2-3-11-4-7-13(8-5-11)21(19,20)18-12-6-9-14(16)15(17)10-12/h4-10,18H,2-3H2,1H3. The van der Waals surface area contributed by atoms with Gasteiger partial charge in [0.25, 0.3) is 10.0 Å². The second kappa shape index (κ2) is 6.22. The lowest BCUT2D eigenvalue weighted by molar-refractivity contribution is 0.509. The van der Waals surface area contributed by atoms with Gasteiger partial charge in [0.15, 0.2) is 11.6 Å². The van der Waals surface area contributed by atoms with E-state index in [1.54, 1.807) is 12.1 Å². The molecule has 0 aliphatic carbocycles. The van der Waals surface area contributed by atoms with E-state index in [0.29, 0.717) is 0 Å². The van der Waals surface area contributed by atoms with Crippen LogP contribution >= 0.6 is 0 Å². The van der Waals surface area contributed by atoms with Crippen molar-refractivity contribution in [1.29, 1.82) is 0 Å². The monoisotopic (exact) mass is 311 g/mol. The summed E-state index contributed by atoms with van der Waals surface area (Å²) < 4.78 is 52.4. The summed E-state index contributed by atoms with van der Waals surface area (Å²) in [5.74, 6) is -2.13. The Balaban J connectivity index is 2.23. The van der Waals surface area contributed by atoms with Crippen LogP contribution in [-0.2, 0) is 16.4 Å². The molecular weight excluding hydrogens is 296 g/mol. The van der Waals surface area contributed by atoms with E-state index in [1.165, 1.54) is 18.2 Å². The fourth-order valence-corrected chi connectivity index (χ4v) is 2.95. The van der Waals surface area contributed by atoms with Crippen LogP contribution in [-0.4, -0.2) is 8.42 Å². The third-order valence-corrected chi connectivity index (χ3v) is 4.34. The molecule has 0 aromatic heterocycles. The van der Waals surface area contributed by atoms with E-state index >= 15 is 0 Å². The Labute approximate surface area is 122 Å². The van der Waals surface area contributed by atoms with Crippen LogP contribution in [0.2, 0.25) is 0 Å². The maximum absolute atomic E-state index is 13.1. The van der Waals surface area contributed by atoms with E-state index in [-0.39, 0.29) is 10.6 Å². The van der Waals surface area contributed by atoms with Crippen LogP contribution < -0.4 is 4.72 Å². The minimum Gasteiger partial charge on any atom is -0.280 e. The fraction of sp³-hybridized carbons (Fsp3) is 0.200. The number of hydrogen-bond acceptors (Lipinski definition) is 2. The highest BCUT2D eigenvalue weighted by atomic mass is 32.2. The Bertz CT molecular complexity index is 728. The number of sulfonamides is 1. The number of halogens is 2. The van der Waals surface area contributed by atoms with Crippen LogP contribution in [0, 0.1) is 11.6 Å². The first-order valence-corrected chi connectivity index (χ1v) is 7.97. The summed E-state index contributed by atoms with van der Waals surface area (Å²) in [5.41, 5.74) is 1.02. The molecule has 0 bridgehead atoms. The number of hydrogen-bond donors (Lipinski definition) is 1. The quantitative estimate of drug-likeness (QED) is 0.915. The molecule has 0 radical (unpaired) electrons. The topological polar surface area (TPSA) is 46.2 Å². The number of nitrogens with one attached hydrogen (secondary N) is 1. The summed E-state index contributed by atoms with van der Waals surface area (Å²) in [5, 5.41) is 0. The third kappa shape index (κ3) is 3.78. The zero-order chi connectivity index (χ0) is 15.5. The largest absolute Gasteiger partial charge is 0.280 e. The Morgan fingerprint density at radius 2 is 1.67 bits per heavy atom. The molecule has 21 heavy (non-hydrogen) atoms. The van der Waals surface area contributed by atoms with Crippen LogP contribution in [0.5, 0.6) is 0 Å². The van der Waals surface area contributed by atoms with Gasteiger partial charge >= 0.3 is 0 Å². The van der Waals surface area contributed by atoms with Gasteiger partial charge in [0.1, 0.15) is 0 Å². The van der Waals surface area contributed by atoms with Gasteiger partial charge < -0.3 is 0 Å². The van der Waals surface area contributed by atoms with Crippen molar-refractivity contribution in [3.8, 4) is 0 Å². The SMILES string of the molecule is CCCc1ccc(S(=O)(=O)Nc2ccc(F)c(F)c2)cc1. The highest BCUT2D eigenvalue weighted by Crippen LogP contribution is 2.19.